The molecule has 0 amide bonds. The minimum Gasteiger partial charge on any atom is -0.324 e. The first-order valence-electron chi connectivity index (χ1n) is 6.29. The minimum absolute atomic E-state index is 0.0930. The van der Waals surface area contributed by atoms with Gasteiger partial charge in [0.1, 0.15) is 10.7 Å². The Bertz CT molecular complexity index is 540. The van der Waals surface area contributed by atoms with Crippen molar-refractivity contribution in [3.8, 4) is 0 Å². The smallest absolute Gasteiger partial charge is 0.243 e. The highest BCUT2D eigenvalue weighted by molar-refractivity contribution is 7.89. The predicted molar refractivity (Wildman–Crippen MR) is 73.8 cm³/mol. The molecule has 0 aliphatic heterocycles. The van der Waals surface area contributed by atoms with Crippen LogP contribution in [0, 0.1) is 12.7 Å². The molecule has 0 fully saturated rings. The van der Waals surface area contributed by atoms with Crippen LogP contribution in [0.15, 0.2) is 23.1 Å². The molecule has 1 aromatic carbocycles. The highest BCUT2D eigenvalue weighted by atomic mass is 32.2. The maximum atomic E-state index is 13.6. The Kier molecular flexibility index (Phi) is 5.06. The van der Waals surface area contributed by atoms with Gasteiger partial charge in [-0.05, 0) is 37.5 Å². The Morgan fingerprint density at radius 2 is 1.89 bits per heavy atom. The molecular weight excluding hydrogens is 267 g/mol. The summed E-state index contributed by atoms with van der Waals surface area (Å²) >= 11 is 0. The number of hydrogen-bond donors (Lipinski definition) is 2. The van der Waals surface area contributed by atoms with Crippen LogP contribution in [0.2, 0.25) is 0 Å². The van der Waals surface area contributed by atoms with Gasteiger partial charge in [0.25, 0.3) is 0 Å². The second-order valence-electron chi connectivity index (χ2n) is 4.83. The summed E-state index contributed by atoms with van der Waals surface area (Å²) in [5.74, 6) is -0.756. The number of halogens is 1. The predicted octanol–water partition coefficient (Wildman–Crippen LogP) is 1.93. The normalized spacial score (nSPS) is 12.7. The summed E-state index contributed by atoms with van der Waals surface area (Å²) in [7, 11) is -3.87. The number of rotatable bonds is 6. The van der Waals surface area contributed by atoms with Crippen molar-refractivity contribution in [2.24, 2.45) is 5.73 Å². The van der Waals surface area contributed by atoms with Crippen LogP contribution in [0.25, 0.3) is 0 Å². The fourth-order valence-corrected chi connectivity index (χ4v) is 2.93. The van der Waals surface area contributed by atoms with Gasteiger partial charge in [-0.15, -0.1) is 0 Å². The van der Waals surface area contributed by atoms with E-state index in [0.29, 0.717) is 18.4 Å². The number of aryl methyl sites for hydroxylation is 1. The molecule has 6 heteroatoms. The average Bonchev–Trinajstić information content (AvgIpc) is 2.39. The number of nitrogens with two attached hydrogens (primary N) is 1. The van der Waals surface area contributed by atoms with Crippen LogP contribution in [0.4, 0.5) is 4.39 Å². The Balaban J connectivity index is 2.96. The monoisotopic (exact) mass is 288 g/mol. The van der Waals surface area contributed by atoms with Crippen molar-refractivity contribution < 1.29 is 12.8 Å². The van der Waals surface area contributed by atoms with Crippen molar-refractivity contribution in [3.05, 3.63) is 29.6 Å². The van der Waals surface area contributed by atoms with Crippen molar-refractivity contribution in [1.29, 1.82) is 0 Å². The molecule has 0 saturated carbocycles. The molecule has 108 valence electrons. The van der Waals surface area contributed by atoms with Crippen molar-refractivity contribution >= 4 is 10.0 Å². The van der Waals surface area contributed by atoms with Gasteiger partial charge in [-0.25, -0.2) is 17.5 Å². The lowest BCUT2D eigenvalue weighted by molar-refractivity contribution is 0.391. The first-order chi connectivity index (χ1) is 8.74. The number of nitrogens with one attached hydrogen (secondary N) is 1. The molecule has 1 aromatic rings. The van der Waals surface area contributed by atoms with E-state index in [4.69, 9.17) is 5.73 Å². The summed E-state index contributed by atoms with van der Waals surface area (Å²) in [5.41, 5.74) is 6.11. The molecule has 0 aliphatic carbocycles. The number of benzene rings is 1. The van der Waals surface area contributed by atoms with Gasteiger partial charge >= 0.3 is 0 Å². The van der Waals surface area contributed by atoms with E-state index in [1.165, 1.54) is 12.1 Å². The molecule has 0 heterocycles. The van der Waals surface area contributed by atoms with Crippen molar-refractivity contribution in [2.45, 2.75) is 44.0 Å². The largest absolute Gasteiger partial charge is 0.324 e. The van der Waals surface area contributed by atoms with Crippen molar-refractivity contribution in [3.63, 3.8) is 0 Å². The molecule has 0 spiro atoms. The Morgan fingerprint density at radius 3 is 2.42 bits per heavy atom. The molecule has 19 heavy (non-hydrogen) atoms. The molecule has 0 bridgehead atoms. The van der Waals surface area contributed by atoms with Crippen LogP contribution in [-0.2, 0) is 10.0 Å². The molecule has 0 aromatic heterocycles. The maximum absolute atomic E-state index is 13.6. The lowest BCUT2D eigenvalue weighted by atomic mass is 9.95. The first kappa shape index (κ1) is 16.1. The van der Waals surface area contributed by atoms with Crippen molar-refractivity contribution in [2.75, 3.05) is 6.54 Å². The zero-order chi connectivity index (χ0) is 14.7. The summed E-state index contributed by atoms with van der Waals surface area (Å²) in [5, 5.41) is 0. The zero-order valence-electron chi connectivity index (χ0n) is 11.5. The molecule has 0 radical (unpaired) electrons. The first-order valence-corrected chi connectivity index (χ1v) is 7.77. The molecule has 3 N–H and O–H groups in total. The Morgan fingerprint density at radius 1 is 1.32 bits per heavy atom. The lowest BCUT2D eigenvalue weighted by Gasteiger charge is -2.26. The molecule has 0 aliphatic rings. The minimum atomic E-state index is -3.87. The average molecular weight is 288 g/mol. The Hall–Kier alpha value is -0.980. The van der Waals surface area contributed by atoms with Crippen molar-refractivity contribution in [1.82, 2.24) is 4.72 Å². The van der Waals surface area contributed by atoms with E-state index in [1.54, 1.807) is 6.92 Å². The summed E-state index contributed by atoms with van der Waals surface area (Å²) < 4.78 is 40.1. The number of sulfonamides is 1. The summed E-state index contributed by atoms with van der Waals surface area (Å²) in [6.07, 6.45) is 1.28. The van der Waals surface area contributed by atoms with E-state index in [-0.39, 0.29) is 11.4 Å². The zero-order valence-corrected chi connectivity index (χ0v) is 12.3. The fraction of sp³-hybridized carbons (Fsp3) is 0.538. The quantitative estimate of drug-likeness (QED) is 0.840. The van der Waals surface area contributed by atoms with Crippen LogP contribution < -0.4 is 10.5 Å². The van der Waals surface area contributed by atoms with Gasteiger partial charge in [0.15, 0.2) is 0 Å². The molecule has 4 nitrogen and oxygen atoms in total. The molecular formula is C13H21FN2O2S. The van der Waals surface area contributed by atoms with Gasteiger partial charge in [-0.2, -0.15) is 0 Å². The molecule has 0 saturated heterocycles. The van der Waals surface area contributed by atoms with E-state index < -0.39 is 21.4 Å². The second-order valence-corrected chi connectivity index (χ2v) is 6.56. The van der Waals surface area contributed by atoms with E-state index >= 15 is 0 Å². The topological polar surface area (TPSA) is 72.2 Å². The van der Waals surface area contributed by atoms with Crippen LogP contribution in [0.5, 0.6) is 0 Å². The lowest BCUT2D eigenvalue weighted by Crippen LogP contribution is -2.49. The third kappa shape index (κ3) is 3.99. The van der Waals surface area contributed by atoms with Crippen LogP contribution >= 0.6 is 0 Å². The van der Waals surface area contributed by atoms with Gasteiger partial charge in [0, 0.05) is 12.1 Å². The summed E-state index contributed by atoms with van der Waals surface area (Å²) in [6, 6.07) is 3.99. The van der Waals surface area contributed by atoms with Gasteiger partial charge in [-0.3, -0.25) is 0 Å². The summed E-state index contributed by atoms with van der Waals surface area (Å²) in [6.45, 7) is 5.59. The maximum Gasteiger partial charge on any atom is 0.243 e. The van der Waals surface area contributed by atoms with Crippen LogP contribution in [-0.4, -0.2) is 20.5 Å². The van der Waals surface area contributed by atoms with E-state index in [2.05, 4.69) is 4.72 Å². The van der Waals surface area contributed by atoms with Gasteiger partial charge < -0.3 is 5.73 Å². The van der Waals surface area contributed by atoms with Crippen LogP contribution in [0.3, 0.4) is 0 Å². The third-order valence-corrected chi connectivity index (χ3v) is 4.81. The highest BCUT2D eigenvalue weighted by Gasteiger charge is 2.25. The molecule has 1 rings (SSSR count). The van der Waals surface area contributed by atoms with Gasteiger partial charge in [0.2, 0.25) is 10.0 Å². The van der Waals surface area contributed by atoms with E-state index in [1.807, 2.05) is 13.8 Å². The van der Waals surface area contributed by atoms with Gasteiger partial charge in [-0.1, -0.05) is 19.9 Å². The SMILES string of the molecule is CCC(N)(CC)CNS(=O)(=O)c1cc(C)ccc1F. The Labute approximate surface area is 114 Å². The summed E-state index contributed by atoms with van der Waals surface area (Å²) in [4.78, 5) is -0.331. The second kappa shape index (κ2) is 5.98. The highest BCUT2D eigenvalue weighted by Crippen LogP contribution is 2.17. The fourth-order valence-electron chi connectivity index (χ4n) is 1.63. The van der Waals surface area contributed by atoms with E-state index in [0.717, 1.165) is 6.07 Å². The molecule has 0 atom stereocenters. The van der Waals surface area contributed by atoms with E-state index in [9.17, 15) is 12.8 Å². The number of hydrogen-bond acceptors (Lipinski definition) is 3. The molecule has 0 unspecified atom stereocenters. The van der Waals surface area contributed by atoms with Crippen LogP contribution in [0.1, 0.15) is 32.3 Å². The van der Waals surface area contributed by atoms with Gasteiger partial charge in [0.05, 0.1) is 0 Å². The third-order valence-electron chi connectivity index (χ3n) is 3.40. The standard InChI is InChI=1S/C13H21FN2O2S/c1-4-13(15,5-2)9-16-19(17,18)12-8-10(3)6-7-11(12)14/h6-8,16H,4-5,9,15H2,1-3H3.